The molecule has 0 saturated heterocycles. The fourth-order valence-corrected chi connectivity index (χ4v) is 3.44. The number of carbonyl (C=O) groups is 1. The number of benzene rings is 1. The van der Waals surface area contributed by atoms with Gasteiger partial charge in [-0.3, -0.25) is 14.2 Å². The van der Waals surface area contributed by atoms with E-state index in [1.807, 2.05) is 56.9 Å². The van der Waals surface area contributed by atoms with E-state index in [1.165, 1.54) is 11.3 Å². The highest BCUT2D eigenvalue weighted by Gasteiger charge is 2.21. The summed E-state index contributed by atoms with van der Waals surface area (Å²) in [6.45, 7) is 8.08. The smallest absolute Gasteiger partial charge is 0.308 e. The first-order valence-corrected chi connectivity index (χ1v) is 7.63. The Kier molecular flexibility index (Phi) is 4.28. The first-order chi connectivity index (χ1) is 9.41. The molecule has 1 amide bonds. The van der Waals surface area contributed by atoms with E-state index in [4.69, 9.17) is 0 Å². The molecule has 2 rings (SSSR count). The van der Waals surface area contributed by atoms with Crippen LogP contribution in [0.3, 0.4) is 0 Å². The summed E-state index contributed by atoms with van der Waals surface area (Å²) in [7, 11) is 0. The van der Waals surface area contributed by atoms with Gasteiger partial charge in [0.05, 0.1) is 10.2 Å². The van der Waals surface area contributed by atoms with Crippen LogP contribution in [0.4, 0.5) is 0 Å². The lowest BCUT2D eigenvalue weighted by atomic mass is 10.2. The average Bonchev–Trinajstić information content (AvgIpc) is 2.65. The highest BCUT2D eigenvalue weighted by molar-refractivity contribution is 7.16. The van der Waals surface area contributed by atoms with Gasteiger partial charge in [-0.1, -0.05) is 23.5 Å². The average molecular weight is 292 g/mol. The molecule has 0 radical (unpaired) electrons. The van der Waals surface area contributed by atoms with Crippen molar-refractivity contribution in [3.63, 3.8) is 0 Å². The molecule has 0 aliphatic heterocycles. The Morgan fingerprint density at radius 2 is 1.80 bits per heavy atom. The lowest BCUT2D eigenvalue weighted by Crippen LogP contribution is -2.44. The summed E-state index contributed by atoms with van der Waals surface area (Å²) >= 11 is 1.19. The van der Waals surface area contributed by atoms with Crippen LogP contribution >= 0.6 is 11.3 Å². The van der Waals surface area contributed by atoms with E-state index in [-0.39, 0.29) is 29.4 Å². The van der Waals surface area contributed by atoms with E-state index in [0.717, 1.165) is 10.2 Å². The van der Waals surface area contributed by atoms with E-state index >= 15 is 0 Å². The highest BCUT2D eigenvalue weighted by atomic mass is 32.1. The number of hydrogen-bond acceptors (Lipinski definition) is 3. The predicted molar refractivity (Wildman–Crippen MR) is 83.2 cm³/mol. The zero-order valence-electron chi connectivity index (χ0n) is 12.3. The standard InChI is InChI=1S/C15H20N2O2S/c1-10(2)17(11(3)4)14(18)9-16-12-7-5-6-8-13(12)20-15(16)19/h5-8,10-11H,9H2,1-4H3. The third kappa shape index (κ3) is 2.77. The van der Waals surface area contributed by atoms with Gasteiger partial charge in [0.15, 0.2) is 0 Å². The number of aromatic nitrogens is 1. The van der Waals surface area contributed by atoms with Gasteiger partial charge in [-0.15, -0.1) is 0 Å². The first-order valence-electron chi connectivity index (χ1n) is 6.81. The van der Waals surface area contributed by atoms with E-state index in [1.54, 1.807) is 4.57 Å². The van der Waals surface area contributed by atoms with Crippen LogP contribution in [0, 0.1) is 0 Å². The maximum absolute atomic E-state index is 12.5. The van der Waals surface area contributed by atoms with Crippen molar-refractivity contribution in [2.24, 2.45) is 0 Å². The fraction of sp³-hybridized carbons (Fsp3) is 0.467. The second-order valence-corrected chi connectivity index (χ2v) is 6.40. The minimum Gasteiger partial charge on any atom is -0.336 e. The molecule has 0 spiro atoms. The van der Waals surface area contributed by atoms with Crippen molar-refractivity contribution in [2.75, 3.05) is 0 Å². The van der Waals surface area contributed by atoms with Crippen LogP contribution in [0.15, 0.2) is 29.1 Å². The van der Waals surface area contributed by atoms with Crippen LogP contribution in [0.2, 0.25) is 0 Å². The summed E-state index contributed by atoms with van der Waals surface area (Å²) in [4.78, 5) is 26.2. The topological polar surface area (TPSA) is 42.3 Å². The van der Waals surface area contributed by atoms with Gasteiger partial charge in [0.25, 0.3) is 0 Å². The van der Waals surface area contributed by atoms with Gasteiger partial charge in [0.1, 0.15) is 6.54 Å². The summed E-state index contributed by atoms with van der Waals surface area (Å²) in [5.41, 5.74) is 0.836. The van der Waals surface area contributed by atoms with Gasteiger partial charge in [0, 0.05) is 12.1 Å². The number of carbonyl (C=O) groups excluding carboxylic acids is 1. The van der Waals surface area contributed by atoms with Crippen molar-refractivity contribution < 1.29 is 4.79 Å². The maximum atomic E-state index is 12.5. The molecule has 0 N–H and O–H groups in total. The number of nitrogens with zero attached hydrogens (tertiary/aromatic N) is 2. The van der Waals surface area contributed by atoms with Crippen molar-refractivity contribution in [3.8, 4) is 0 Å². The minimum atomic E-state index is -0.0768. The molecule has 1 aromatic heterocycles. The summed E-state index contributed by atoms with van der Waals surface area (Å²) in [5, 5.41) is 0. The molecule has 0 atom stereocenters. The summed E-state index contributed by atoms with van der Waals surface area (Å²) in [6.07, 6.45) is 0. The molecule has 0 fully saturated rings. The summed E-state index contributed by atoms with van der Waals surface area (Å²) < 4.78 is 2.49. The SMILES string of the molecule is CC(C)N(C(=O)Cn1c(=O)sc2ccccc21)C(C)C. The molecular weight excluding hydrogens is 272 g/mol. The van der Waals surface area contributed by atoms with Crippen LogP contribution in [-0.2, 0) is 11.3 Å². The number of hydrogen-bond donors (Lipinski definition) is 0. The molecule has 108 valence electrons. The Balaban J connectivity index is 2.35. The van der Waals surface area contributed by atoms with E-state index in [9.17, 15) is 9.59 Å². The Morgan fingerprint density at radius 3 is 2.40 bits per heavy atom. The van der Waals surface area contributed by atoms with Crippen LogP contribution in [0.1, 0.15) is 27.7 Å². The van der Waals surface area contributed by atoms with E-state index in [0.29, 0.717) is 0 Å². The molecule has 5 heteroatoms. The molecule has 0 unspecified atom stereocenters. The second-order valence-electron chi connectivity index (χ2n) is 5.41. The van der Waals surface area contributed by atoms with Gasteiger partial charge < -0.3 is 4.90 Å². The van der Waals surface area contributed by atoms with Gasteiger partial charge in [-0.25, -0.2) is 0 Å². The first kappa shape index (κ1) is 14.8. The Bertz CT molecular complexity index is 662. The van der Waals surface area contributed by atoms with E-state index < -0.39 is 0 Å². The van der Waals surface area contributed by atoms with Crippen molar-refractivity contribution in [1.82, 2.24) is 9.47 Å². The molecule has 20 heavy (non-hydrogen) atoms. The number of thiazole rings is 1. The molecule has 0 bridgehead atoms. The number of rotatable bonds is 4. The number of para-hydroxylation sites is 1. The minimum absolute atomic E-state index is 0.0133. The normalized spacial score (nSPS) is 11.5. The van der Waals surface area contributed by atoms with Gasteiger partial charge in [0.2, 0.25) is 5.91 Å². The van der Waals surface area contributed by atoms with Gasteiger partial charge >= 0.3 is 4.87 Å². The van der Waals surface area contributed by atoms with Crippen molar-refractivity contribution in [3.05, 3.63) is 33.9 Å². The van der Waals surface area contributed by atoms with Gasteiger partial charge in [-0.05, 0) is 39.8 Å². The predicted octanol–water partition coefficient (Wildman–Crippen LogP) is 2.71. The lowest BCUT2D eigenvalue weighted by molar-refractivity contribution is -0.135. The molecule has 0 saturated carbocycles. The van der Waals surface area contributed by atoms with Crippen LogP contribution in [0.5, 0.6) is 0 Å². The van der Waals surface area contributed by atoms with Crippen LogP contribution < -0.4 is 4.87 Å². The molecule has 4 nitrogen and oxygen atoms in total. The monoisotopic (exact) mass is 292 g/mol. The molecule has 1 aromatic carbocycles. The Hall–Kier alpha value is -1.62. The molecule has 1 heterocycles. The van der Waals surface area contributed by atoms with E-state index in [2.05, 4.69) is 0 Å². The third-order valence-corrected chi connectivity index (χ3v) is 4.23. The van der Waals surface area contributed by atoms with Crippen LogP contribution in [-0.4, -0.2) is 27.5 Å². The molecular formula is C15H20N2O2S. The number of amides is 1. The zero-order chi connectivity index (χ0) is 14.9. The van der Waals surface area contributed by atoms with Crippen molar-refractivity contribution in [2.45, 2.75) is 46.3 Å². The lowest BCUT2D eigenvalue weighted by Gasteiger charge is -2.30. The largest absolute Gasteiger partial charge is 0.336 e. The highest BCUT2D eigenvalue weighted by Crippen LogP contribution is 2.17. The Labute approximate surface area is 122 Å². The maximum Gasteiger partial charge on any atom is 0.308 e. The zero-order valence-corrected chi connectivity index (χ0v) is 13.1. The van der Waals surface area contributed by atoms with Crippen molar-refractivity contribution in [1.29, 1.82) is 0 Å². The third-order valence-electron chi connectivity index (χ3n) is 3.27. The van der Waals surface area contributed by atoms with Gasteiger partial charge in [-0.2, -0.15) is 0 Å². The quantitative estimate of drug-likeness (QED) is 0.869. The van der Waals surface area contributed by atoms with Crippen molar-refractivity contribution >= 4 is 27.5 Å². The number of fused-ring (bicyclic) bond motifs is 1. The second kappa shape index (κ2) is 5.79. The fourth-order valence-electron chi connectivity index (χ4n) is 2.55. The Morgan fingerprint density at radius 1 is 1.20 bits per heavy atom. The summed E-state index contributed by atoms with van der Waals surface area (Å²) in [5.74, 6) is -0.0133. The molecule has 2 aromatic rings. The molecule has 0 aliphatic rings. The summed E-state index contributed by atoms with van der Waals surface area (Å²) in [6, 6.07) is 7.84. The molecule has 0 aliphatic carbocycles. The van der Waals surface area contributed by atoms with Crippen LogP contribution in [0.25, 0.3) is 10.2 Å².